The summed E-state index contributed by atoms with van der Waals surface area (Å²) < 4.78 is 0. The van der Waals surface area contributed by atoms with E-state index in [-0.39, 0.29) is 18.1 Å². The molecule has 1 aromatic heterocycles. The van der Waals surface area contributed by atoms with E-state index in [0.717, 1.165) is 12.3 Å². The lowest BCUT2D eigenvalue weighted by Crippen LogP contribution is -2.39. The molecule has 2 aliphatic rings. The number of carbonyl (C=O) groups is 1. The summed E-state index contributed by atoms with van der Waals surface area (Å²) in [5.41, 5.74) is 1.23. The number of rotatable bonds is 4. The van der Waals surface area contributed by atoms with Crippen molar-refractivity contribution >= 4 is 40.8 Å². The van der Waals surface area contributed by atoms with E-state index in [1.165, 1.54) is 17.1 Å². The largest absolute Gasteiger partial charge is 0.320 e. The number of carbonyl (C=O) groups excluding carboxylic acids is 1. The molecule has 3 heterocycles. The number of thioether (sulfide) groups is 2. The van der Waals surface area contributed by atoms with Gasteiger partial charge in [-0.2, -0.15) is 34.9 Å². The van der Waals surface area contributed by atoms with Crippen molar-refractivity contribution in [3.8, 4) is 0 Å². The first-order valence-electron chi connectivity index (χ1n) is 7.45. The Bertz CT molecular complexity index is 471. The molecule has 0 radical (unpaired) electrons. The van der Waals surface area contributed by atoms with Gasteiger partial charge in [0.05, 0.1) is 6.04 Å². The summed E-state index contributed by atoms with van der Waals surface area (Å²) in [5, 5.41) is 8.37. The minimum atomic E-state index is -0.0452. The Kier molecular flexibility index (Phi) is 5.19. The first kappa shape index (κ1) is 15.7. The van der Waals surface area contributed by atoms with Crippen molar-refractivity contribution in [1.29, 1.82) is 0 Å². The zero-order chi connectivity index (χ0) is 14.8. The third-order valence-electron chi connectivity index (χ3n) is 4.01. The molecule has 0 aromatic carbocycles. The van der Waals surface area contributed by atoms with Crippen LogP contribution in [0.4, 0.5) is 0 Å². The number of nitrogens with zero attached hydrogens (tertiary/aromatic N) is 1. The highest BCUT2D eigenvalue weighted by Crippen LogP contribution is 2.32. The molecule has 3 unspecified atom stereocenters. The number of hydrogen-bond acceptors (Lipinski definition) is 5. The maximum absolute atomic E-state index is 12.8. The van der Waals surface area contributed by atoms with Gasteiger partial charge in [0.1, 0.15) is 6.17 Å². The predicted molar refractivity (Wildman–Crippen MR) is 94.1 cm³/mol. The van der Waals surface area contributed by atoms with Crippen LogP contribution in [0.25, 0.3) is 0 Å². The number of hydrogen-bond donors (Lipinski definition) is 1. The van der Waals surface area contributed by atoms with Crippen molar-refractivity contribution in [3.63, 3.8) is 0 Å². The maximum Gasteiger partial charge on any atom is 0.241 e. The zero-order valence-corrected chi connectivity index (χ0v) is 14.9. The average Bonchev–Trinajstić information content (AvgIpc) is 3.09. The molecule has 0 spiro atoms. The summed E-state index contributed by atoms with van der Waals surface area (Å²) in [6.07, 6.45) is 0.0590. The van der Waals surface area contributed by atoms with Crippen LogP contribution in [0.2, 0.25) is 0 Å². The highest BCUT2D eigenvalue weighted by molar-refractivity contribution is 8.06. The molecule has 2 aliphatic heterocycles. The molecule has 3 nitrogen and oxygen atoms in total. The third kappa shape index (κ3) is 3.44. The van der Waals surface area contributed by atoms with E-state index in [2.05, 4.69) is 40.9 Å². The van der Waals surface area contributed by atoms with Gasteiger partial charge >= 0.3 is 0 Å². The van der Waals surface area contributed by atoms with Crippen molar-refractivity contribution < 1.29 is 4.79 Å². The second-order valence-corrected chi connectivity index (χ2v) is 9.24. The minimum absolute atomic E-state index is 0.0452. The molecule has 0 aliphatic carbocycles. The zero-order valence-electron chi connectivity index (χ0n) is 12.5. The molecular formula is C15H22N2OS3. The van der Waals surface area contributed by atoms with Crippen molar-refractivity contribution in [3.05, 3.63) is 22.4 Å². The standard InChI is InChI=1S/C15H22N2OS3/c1-10(2)13-15(18)17(7-12-9-20-5-6-21-12)14(16-13)11-3-4-19-8-11/h3-4,8,10,12-14,16H,5-7,9H2,1-2H3. The highest BCUT2D eigenvalue weighted by Gasteiger charge is 2.42. The van der Waals surface area contributed by atoms with Crippen LogP contribution < -0.4 is 5.32 Å². The van der Waals surface area contributed by atoms with Crippen molar-refractivity contribution in [2.75, 3.05) is 23.8 Å². The summed E-state index contributed by atoms with van der Waals surface area (Å²) in [7, 11) is 0. The Balaban J connectivity index is 1.77. The summed E-state index contributed by atoms with van der Waals surface area (Å²) in [4.78, 5) is 14.9. The smallest absolute Gasteiger partial charge is 0.241 e. The van der Waals surface area contributed by atoms with Gasteiger partial charge < -0.3 is 4.90 Å². The summed E-state index contributed by atoms with van der Waals surface area (Å²) in [6, 6.07) is 2.09. The van der Waals surface area contributed by atoms with Crippen LogP contribution in [0.15, 0.2) is 16.8 Å². The molecule has 6 heteroatoms. The van der Waals surface area contributed by atoms with Crippen LogP contribution in [0.3, 0.4) is 0 Å². The Morgan fingerprint density at radius 1 is 1.43 bits per heavy atom. The quantitative estimate of drug-likeness (QED) is 0.911. The Labute approximate surface area is 139 Å². The average molecular weight is 343 g/mol. The molecule has 21 heavy (non-hydrogen) atoms. The Morgan fingerprint density at radius 3 is 2.90 bits per heavy atom. The van der Waals surface area contributed by atoms with Crippen molar-refractivity contribution in [2.45, 2.75) is 31.3 Å². The van der Waals surface area contributed by atoms with Gasteiger partial charge in [0.25, 0.3) is 0 Å². The highest BCUT2D eigenvalue weighted by atomic mass is 32.2. The molecule has 2 fully saturated rings. The lowest BCUT2D eigenvalue weighted by Gasteiger charge is -2.30. The molecule has 1 N–H and O–H groups in total. The molecular weight excluding hydrogens is 320 g/mol. The molecule has 2 saturated heterocycles. The monoisotopic (exact) mass is 342 g/mol. The van der Waals surface area contributed by atoms with Crippen molar-refractivity contribution in [2.24, 2.45) is 5.92 Å². The maximum atomic E-state index is 12.8. The number of amides is 1. The fraction of sp³-hybridized carbons (Fsp3) is 0.667. The molecule has 3 atom stereocenters. The van der Waals surface area contributed by atoms with E-state index in [1.54, 1.807) is 11.3 Å². The van der Waals surface area contributed by atoms with Crippen LogP contribution in [-0.2, 0) is 4.79 Å². The first-order valence-corrected chi connectivity index (χ1v) is 10.6. The van der Waals surface area contributed by atoms with Crippen LogP contribution in [0, 0.1) is 5.92 Å². The minimum Gasteiger partial charge on any atom is -0.320 e. The van der Waals surface area contributed by atoms with Gasteiger partial charge in [0, 0.05) is 29.1 Å². The van der Waals surface area contributed by atoms with E-state index < -0.39 is 0 Å². The van der Waals surface area contributed by atoms with Gasteiger partial charge in [-0.15, -0.1) is 0 Å². The normalized spacial score (nSPS) is 30.3. The number of thiophene rings is 1. The van der Waals surface area contributed by atoms with E-state index in [9.17, 15) is 4.79 Å². The van der Waals surface area contributed by atoms with E-state index in [4.69, 9.17) is 0 Å². The van der Waals surface area contributed by atoms with Crippen LogP contribution in [0.1, 0.15) is 25.6 Å². The number of nitrogens with one attached hydrogen (secondary N) is 1. The predicted octanol–water partition coefficient (Wildman–Crippen LogP) is 3.05. The van der Waals surface area contributed by atoms with Gasteiger partial charge in [0.15, 0.2) is 0 Å². The first-order chi connectivity index (χ1) is 10.2. The van der Waals surface area contributed by atoms with Gasteiger partial charge in [-0.1, -0.05) is 13.8 Å². The second-order valence-electron chi connectivity index (χ2n) is 5.91. The summed E-state index contributed by atoms with van der Waals surface area (Å²) in [6.45, 7) is 5.11. The molecule has 3 rings (SSSR count). The summed E-state index contributed by atoms with van der Waals surface area (Å²) in [5.74, 6) is 4.23. The van der Waals surface area contributed by atoms with E-state index >= 15 is 0 Å². The van der Waals surface area contributed by atoms with Gasteiger partial charge in [-0.05, 0) is 28.3 Å². The molecule has 1 amide bonds. The van der Waals surface area contributed by atoms with E-state index in [1.807, 2.05) is 23.5 Å². The third-order valence-corrected chi connectivity index (χ3v) is 7.54. The van der Waals surface area contributed by atoms with Crippen LogP contribution in [0.5, 0.6) is 0 Å². The fourth-order valence-corrected chi connectivity index (χ4v) is 6.22. The molecule has 1 aromatic rings. The Morgan fingerprint density at radius 2 is 2.29 bits per heavy atom. The van der Waals surface area contributed by atoms with Crippen LogP contribution in [-0.4, -0.2) is 45.9 Å². The lowest BCUT2D eigenvalue weighted by molar-refractivity contribution is -0.130. The van der Waals surface area contributed by atoms with Gasteiger partial charge in [-0.25, -0.2) is 0 Å². The van der Waals surface area contributed by atoms with Gasteiger partial charge in [-0.3, -0.25) is 10.1 Å². The second kappa shape index (κ2) is 6.94. The topological polar surface area (TPSA) is 32.3 Å². The van der Waals surface area contributed by atoms with Gasteiger partial charge in [0.2, 0.25) is 5.91 Å². The Hall–Kier alpha value is -0.170. The van der Waals surface area contributed by atoms with Crippen molar-refractivity contribution in [1.82, 2.24) is 10.2 Å². The molecule has 0 bridgehead atoms. The van der Waals surface area contributed by atoms with E-state index in [0.29, 0.717) is 11.2 Å². The van der Waals surface area contributed by atoms with Crippen LogP contribution >= 0.6 is 34.9 Å². The molecule has 0 saturated carbocycles. The lowest BCUT2D eigenvalue weighted by atomic mass is 10.1. The summed E-state index contributed by atoms with van der Waals surface area (Å²) >= 11 is 5.74. The molecule has 116 valence electrons. The fourth-order valence-electron chi connectivity index (χ4n) is 2.88. The SMILES string of the molecule is CC(C)C1NC(c2ccsc2)N(CC2CSCCS2)C1=O.